The third-order valence-corrected chi connectivity index (χ3v) is 19.6. The second kappa shape index (κ2) is 14.4. The van der Waals surface area contributed by atoms with Crippen molar-refractivity contribution >= 4 is 22.4 Å². The van der Waals surface area contributed by atoms with Crippen LogP contribution in [0.15, 0.2) is 36.9 Å². The molecule has 0 spiro atoms. The molecule has 1 heterocycles. The fraction of sp³-hybridized carbons (Fsp3) is 0.743. The van der Waals surface area contributed by atoms with E-state index in [1.54, 1.807) is 13.2 Å². The Morgan fingerprint density at radius 3 is 1.93 bits per heavy atom. The van der Waals surface area contributed by atoms with Crippen molar-refractivity contribution < 1.29 is 27.9 Å². The predicted molar refractivity (Wildman–Crippen MR) is 183 cm³/mol. The van der Waals surface area contributed by atoms with Gasteiger partial charge >= 0.3 is 0 Å². The molecule has 1 aliphatic heterocycles. The first-order chi connectivity index (χ1) is 19.6. The topological polar surface area (TPSA) is 66.5 Å². The summed E-state index contributed by atoms with van der Waals surface area (Å²) in [5, 5.41) is 0.111. The number of hydrogen-bond acceptors (Lipinski definition) is 6. The number of ketones is 1. The van der Waals surface area contributed by atoms with Crippen LogP contribution in [0.25, 0.3) is 0 Å². The van der Waals surface area contributed by atoms with E-state index >= 15 is 0 Å². The van der Waals surface area contributed by atoms with Gasteiger partial charge in [0.25, 0.3) is 0 Å². The quantitative estimate of drug-likeness (QED) is 0.0971. The summed E-state index contributed by atoms with van der Waals surface area (Å²) in [6.45, 7) is 34.6. The van der Waals surface area contributed by atoms with Crippen molar-refractivity contribution in [1.82, 2.24) is 0 Å². The van der Waals surface area contributed by atoms with E-state index < -0.39 is 28.2 Å². The van der Waals surface area contributed by atoms with Crippen molar-refractivity contribution in [3.05, 3.63) is 42.5 Å². The number of carbonyl (C=O) groups excluding carboxylic acids is 1. The summed E-state index contributed by atoms with van der Waals surface area (Å²) >= 11 is 0. The van der Waals surface area contributed by atoms with Gasteiger partial charge in [-0.25, -0.2) is 0 Å². The van der Waals surface area contributed by atoms with Crippen LogP contribution in [0.3, 0.4) is 0 Å². The van der Waals surface area contributed by atoms with Gasteiger partial charge in [0.2, 0.25) is 0 Å². The molecule has 1 saturated heterocycles. The molecule has 0 aliphatic carbocycles. The zero-order chi connectivity index (χ0) is 33.0. The first-order valence-electron chi connectivity index (χ1n) is 15.9. The minimum atomic E-state index is -2.08. The van der Waals surface area contributed by atoms with Gasteiger partial charge in [-0.3, -0.25) is 4.79 Å². The van der Waals surface area contributed by atoms with Crippen LogP contribution in [-0.2, 0) is 29.7 Å². The predicted octanol–water partition coefficient (Wildman–Crippen LogP) is 8.67. The van der Waals surface area contributed by atoms with Crippen molar-refractivity contribution in [1.29, 1.82) is 0 Å². The lowest BCUT2D eigenvalue weighted by Crippen LogP contribution is -2.47. The van der Waals surface area contributed by atoms with Gasteiger partial charge in [-0.1, -0.05) is 73.6 Å². The summed E-state index contributed by atoms with van der Waals surface area (Å²) in [6, 6.07) is 7.93. The second-order valence-electron chi connectivity index (χ2n) is 15.8. The van der Waals surface area contributed by atoms with Crippen molar-refractivity contribution in [3.8, 4) is 5.75 Å². The standard InChI is InChI=1S/C35H62O6Si2/c1-16-28(23-39-42(12,13)33(4,5)6)31(36)30(24-40-43(14,15)34(7,8)9)26(3)35(10)32(41-35)25(2)21-38-22-27-17-19-29(37-11)20-18-27/h16-20,25-26,28,30,32H,1,21-24H2,2-15H3/t25-,26-,28-,30+,32+,35?/m0/s1. The summed E-state index contributed by atoms with van der Waals surface area (Å²) in [4.78, 5) is 14.3. The van der Waals surface area contributed by atoms with Crippen molar-refractivity contribution in [2.45, 2.75) is 117 Å². The summed E-state index contributed by atoms with van der Waals surface area (Å²) < 4.78 is 31.0. The summed E-state index contributed by atoms with van der Waals surface area (Å²) in [5.74, 6) is 0.381. The van der Waals surface area contributed by atoms with E-state index in [0.717, 1.165) is 11.3 Å². The lowest BCUT2D eigenvalue weighted by molar-refractivity contribution is -0.130. The van der Waals surface area contributed by atoms with Crippen LogP contribution in [0.5, 0.6) is 5.75 Å². The summed E-state index contributed by atoms with van der Waals surface area (Å²) in [5.41, 5.74) is 0.663. The SMILES string of the molecule is C=C[C@@H](CO[Si](C)(C)C(C)(C)C)C(=O)[C@H](CO[Si](C)(C)C(C)(C)C)[C@H](C)C1(C)O[C@@H]1[C@@H](C)COCc1ccc(OC)cc1. The van der Waals surface area contributed by atoms with Crippen LogP contribution in [0.1, 0.15) is 67.9 Å². The van der Waals surface area contributed by atoms with E-state index in [9.17, 15) is 4.79 Å². The molecule has 43 heavy (non-hydrogen) atoms. The molecule has 6 atom stereocenters. The Labute approximate surface area is 265 Å². The van der Waals surface area contributed by atoms with E-state index in [0.29, 0.717) is 26.4 Å². The fourth-order valence-electron chi connectivity index (χ4n) is 4.90. The van der Waals surface area contributed by atoms with Gasteiger partial charge in [-0.15, -0.1) is 6.58 Å². The molecule has 1 unspecified atom stereocenters. The van der Waals surface area contributed by atoms with Gasteiger partial charge in [0, 0.05) is 25.0 Å². The molecule has 246 valence electrons. The largest absolute Gasteiger partial charge is 0.497 e. The smallest absolute Gasteiger partial charge is 0.192 e. The molecule has 2 rings (SSSR count). The van der Waals surface area contributed by atoms with Crippen LogP contribution in [0, 0.1) is 23.7 Å². The maximum absolute atomic E-state index is 14.3. The molecule has 1 aromatic carbocycles. The number of Topliss-reactive ketones (excluding diaryl/α,β-unsaturated/α-hetero) is 1. The highest BCUT2D eigenvalue weighted by molar-refractivity contribution is 6.74. The minimum Gasteiger partial charge on any atom is -0.497 e. The maximum Gasteiger partial charge on any atom is 0.192 e. The highest BCUT2D eigenvalue weighted by atomic mass is 28.4. The molecule has 0 aromatic heterocycles. The van der Waals surface area contributed by atoms with Gasteiger partial charge in [-0.05, 0) is 66.8 Å². The lowest BCUT2D eigenvalue weighted by atomic mass is 9.75. The summed E-state index contributed by atoms with van der Waals surface area (Å²) in [6.07, 6.45) is 1.78. The fourth-order valence-corrected chi connectivity index (χ4v) is 6.96. The Bertz CT molecular complexity index is 1060. The van der Waals surface area contributed by atoms with Crippen LogP contribution >= 0.6 is 0 Å². The van der Waals surface area contributed by atoms with E-state index in [1.807, 2.05) is 24.3 Å². The molecule has 0 radical (unpaired) electrons. The van der Waals surface area contributed by atoms with E-state index in [-0.39, 0.29) is 39.7 Å². The molecule has 1 aromatic rings. The molecule has 0 bridgehead atoms. The molecule has 1 fully saturated rings. The normalized spacial score (nSPS) is 22.4. The molecule has 8 heteroatoms. The van der Waals surface area contributed by atoms with Crippen molar-refractivity contribution in [2.75, 3.05) is 26.9 Å². The average Bonchev–Trinajstić information content (AvgIpc) is 3.60. The average molecular weight is 635 g/mol. The first kappa shape index (κ1) is 37.9. The van der Waals surface area contributed by atoms with Crippen LogP contribution in [0.2, 0.25) is 36.3 Å². The van der Waals surface area contributed by atoms with Gasteiger partial charge in [-0.2, -0.15) is 0 Å². The van der Waals surface area contributed by atoms with Gasteiger partial charge in [0.15, 0.2) is 16.6 Å². The Morgan fingerprint density at radius 1 is 0.953 bits per heavy atom. The number of hydrogen-bond donors (Lipinski definition) is 0. The zero-order valence-electron chi connectivity index (χ0n) is 29.8. The molecule has 0 amide bonds. The third kappa shape index (κ3) is 9.60. The van der Waals surface area contributed by atoms with Gasteiger partial charge in [0.1, 0.15) is 11.5 Å². The maximum atomic E-state index is 14.3. The van der Waals surface area contributed by atoms with E-state index in [2.05, 4.69) is 95.1 Å². The Kier molecular flexibility index (Phi) is 12.7. The van der Waals surface area contributed by atoms with Crippen molar-refractivity contribution in [3.63, 3.8) is 0 Å². The monoisotopic (exact) mass is 634 g/mol. The number of carbonyl (C=O) groups is 1. The van der Waals surface area contributed by atoms with Crippen LogP contribution in [0.4, 0.5) is 0 Å². The highest BCUT2D eigenvalue weighted by Gasteiger charge is 2.60. The number of methoxy groups -OCH3 is 1. The molecule has 0 N–H and O–H groups in total. The Hall–Kier alpha value is -1.30. The zero-order valence-corrected chi connectivity index (χ0v) is 31.8. The number of epoxide rings is 1. The third-order valence-electron chi connectivity index (χ3n) is 10.6. The number of rotatable bonds is 17. The highest BCUT2D eigenvalue weighted by Crippen LogP contribution is 2.50. The molecular weight excluding hydrogens is 573 g/mol. The van der Waals surface area contributed by atoms with E-state index in [1.165, 1.54) is 0 Å². The van der Waals surface area contributed by atoms with Crippen LogP contribution < -0.4 is 4.74 Å². The van der Waals surface area contributed by atoms with E-state index in [4.69, 9.17) is 23.1 Å². The molecule has 1 aliphatic rings. The lowest BCUT2D eigenvalue weighted by Gasteiger charge is -2.39. The second-order valence-corrected chi connectivity index (χ2v) is 25.5. The number of benzene rings is 1. The Balaban J connectivity index is 2.17. The molecular formula is C35H62O6Si2. The van der Waals surface area contributed by atoms with Crippen LogP contribution in [-0.4, -0.2) is 61.1 Å². The first-order valence-corrected chi connectivity index (χ1v) is 21.8. The van der Waals surface area contributed by atoms with Gasteiger partial charge < -0.3 is 23.1 Å². The Morgan fingerprint density at radius 2 is 1.47 bits per heavy atom. The van der Waals surface area contributed by atoms with Gasteiger partial charge in [0.05, 0.1) is 37.9 Å². The number of ether oxygens (including phenoxy) is 3. The molecule has 0 saturated carbocycles. The molecule has 6 nitrogen and oxygen atoms in total. The summed E-state index contributed by atoms with van der Waals surface area (Å²) in [7, 11) is -2.44. The van der Waals surface area contributed by atoms with Crippen molar-refractivity contribution in [2.24, 2.45) is 23.7 Å². The minimum absolute atomic E-state index is 0.00667.